The van der Waals surface area contributed by atoms with Crippen LogP contribution in [0.4, 0.5) is 4.39 Å². The lowest BCUT2D eigenvalue weighted by Gasteiger charge is -2.31. The third kappa shape index (κ3) is 6.29. The van der Waals surface area contributed by atoms with Crippen molar-refractivity contribution < 1.29 is 18.7 Å². The Labute approximate surface area is 139 Å². The third-order valence-corrected chi connectivity index (χ3v) is 3.20. The molecule has 3 heterocycles. The summed E-state index contributed by atoms with van der Waals surface area (Å²) in [7, 11) is 0. The minimum absolute atomic E-state index is 0.213. The lowest BCUT2D eigenvalue weighted by Crippen LogP contribution is -2.47. The first kappa shape index (κ1) is 21.6. The Morgan fingerprint density at radius 2 is 1.83 bits per heavy atom. The Hall–Kier alpha value is -1.43. The van der Waals surface area contributed by atoms with Crippen LogP contribution in [0.15, 0.2) is 17.1 Å². The summed E-state index contributed by atoms with van der Waals surface area (Å²) in [5.74, 6) is -0.213. The van der Waals surface area contributed by atoms with E-state index < -0.39 is 12.4 Å². The lowest BCUT2D eigenvalue weighted by atomic mass is 10.2. The van der Waals surface area contributed by atoms with Crippen LogP contribution >= 0.6 is 0 Å². The van der Waals surface area contributed by atoms with Gasteiger partial charge in [-0.15, -0.1) is 0 Å². The van der Waals surface area contributed by atoms with Crippen LogP contribution in [-0.4, -0.2) is 48.5 Å². The fourth-order valence-electron chi connectivity index (χ4n) is 2.14. The van der Waals surface area contributed by atoms with Gasteiger partial charge in [0.1, 0.15) is 12.8 Å². The molecule has 0 radical (unpaired) electrons. The average Bonchev–Trinajstić information content (AvgIpc) is 2.87. The zero-order valence-electron chi connectivity index (χ0n) is 15.2. The fourth-order valence-corrected chi connectivity index (χ4v) is 2.14. The Morgan fingerprint density at radius 1 is 1.22 bits per heavy atom. The largest absolute Gasteiger partial charge is 0.462 e. The number of amides is 1. The van der Waals surface area contributed by atoms with Gasteiger partial charge in [0, 0.05) is 19.4 Å². The maximum absolute atomic E-state index is 13.6. The van der Waals surface area contributed by atoms with Crippen molar-refractivity contribution >= 4 is 11.9 Å². The topological polar surface area (TPSA) is 51.1 Å². The van der Waals surface area contributed by atoms with Crippen molar-refractivity contribution in [3.05, 3.63) is 12.2 Å². The van der Waals surface area contributed by atoms with Crippen LogP contribution in [0.2, 0.25) is 0 Å². The van der Waals surface area contributed by atoms with Gasteiger partial charge < -0.3 is 9.47 Å². The maximum Gasteiger partial charge on any atom is 0.297 e. The van der Waals surface area contributed by atoms with Crippen LogP contribution in [0.3, 0.4) is 0 Å². The summed E-state index contributed by atoms with van der Waals surface area (Å²) in [5, 5.41) is 0. The Balaban J connectivity index is 0.000000523. The van der Waals surface area contributed by atoms with E-state index in [1.165, 1.54) is 0 Å². The van der Waals surface area contributed by atoms with Gasteiger partial charge in [-0.3, -0.25) is 9.69 Å². The van der Waals surface area contributed by atoms with Crippen molar-refractivity contribution in [3.63, 3.8) is 0 Å². The second kappa shape index (κ2) is 12.0. The zero-order chi connectivity index (χ0) is 17.8. The van der Waals surface area contributed by atoms with Crippen LogP contribution in [-0.2, 0) is 14.3 Å². The van der Waals surface area contributed by atoms with Crippen LogP contribution in [0, 0.1) is 0 Å². The van der Waals surface area contributed by atoms with Gasteiger partial charge >= 0.3 is 0 Å². The van der Waals surface area contributed by atoms with Gasteiger partial charge in [-0.05, 0) is 13.8 Å². The molecule has 3 unspecified atom stereocenters. The Bertz CT molecular complexity index is 395. The summed E-state index contributed by atoms with van der Waals surface area (Å²) < 4.78 is 24.4. The summed E-state index contributed by atoms with van der Waals surface area (Å²) in [4.78, 5) is 16.5. The number of halogens is 1. The second-order valence-electron chi connectivity index (χ2n) is 4.61. The van der Waals surface area contributed by atoms with Gasteiger partial charge in [-0.25, -0.2) is 4.39 Å². The van der Waals surface area contributed by atoms with Crippen LogP contribution in [0.1, 0.15) is 54.4 Å². The van der Waals surface area contributed by atoms with Gasteiger partial charge in [0.2, 0.25) is 0 Å². The molecule has 5 nitrogen and oxygen atoms in total. The highest BCUT2D eigenvalue weighted by atomic mass is 19.1. The Kier molecular flexibility index (Phi) is 11.3. The first-order valence-corrected chi connectivity index (χ1v) is 8.53. The summed E-state index contributed by atoms with van der Waals surface area (Å²) in [6.45, 7) is 12.7. The normalized spacial score (nSPS) is 27.8. The predicted octanol–water partition coefficient (Wildman–Crippen LogP) is 3.69. The van der Waals surface area contributed by atoms with Crippen molar-refractivity contribution in [2.75, 3.05) is 13.2 Å². The number of carbonyl (C=O) groups excluding carboxylic acids is 1. The standard InChI is InChI=1S/C9H11FN2O3.C4H8.2C2H6/c10-6-3-5-4-14-9-11-7(13)1-2-12(9)8(6)15-5;1-3-4-2;2*1-2/h5-6,8H,1-4H2;3-4H,1-2H3;2*1-2H3. The number of alkyl halides is 1. The number of ether oxygens (including phenoxy) is 2. The molecule has 3 aliphatic rings. The van der Waals surface area contributed by atoms with E-state index in [1.807, 2.05) is 53.7 Å². The molecule has 0 N–H and O–H groups in total. The monoisotopic (exact) mass is 330 g/mol. The van der Waals surface area contributed by atoms with Crippen LogP contribution < -0.4 is 0 Å². The van der Waals surface area contributed by atoms with Crippen molar-refractivity contribution in [1.29, 1.82) is 0 Å². The fraction of sp³-hybridized carbons (Fsp3) is 0.765. The molecule has 1 amide bonds. The van der Waals surface area contributed by atoms with Crippen LogP contribution in [0.25, 0.3) is 0 Å². The van der Waals surface area contributed by atoms with E-state index in [1.54, 1.807) is 4.90 Å². The summed E-state index contributed by atoms with van der Waals surface area (Å²) >= 11 is 0. The third-order valence-electron chi connectivity index (χ3n) is 3.20. The summed E-state index contributed by atoms with van der Waals surface area (Å²) in [6, 6.07) is 0.223. The molecule has 134 valence electrons. The molecule has 3 rings (SSSR count). The van der Waals surface area contributed by atoms with Crippen LogP contribution in [0.5, 0.6) is 0 Å². The second-order valence-corrected chi connectivity index (χ2v) is 4.61. The quantitative estimate of drug-likeness (QED) is 0.636. The van der Waals surface area contributed by atoms with E-state index in [0.717, 1.165) is 0 Å². The minimum atomic E-state index is -1.02. The molecule has 3 aliphatic heterocycles. The molecule has 2 bridgehead atoms. The number of allylic oxidation sites excluding steroid dienone is 2. The van der Waals surface area contributed by atoms with Gasteiger partial charge in [0.05, 0.1) is 6.10 Å². The summed E-state index contributed by atoms with van der Waals surface area (Å²) in [5.41, 5.74) is 0. The molecule has 23 heavy (non-hydrogen) atoms. The number of carbonyl (C=O) groups is 1. The van der Waals surface area contributed by atoms with Gasteiger partial charge in [-0.2, -0.15) is 4.99 Å². The molecule has 0 aromatic heterocycles. The highest BCUT2D eigenvalue weighted by Gasteiger charge is 2.45. The first-order chi connectivity index (χ1) is 11.2. The molecule has 2 fully saturated rings. The number of aliphatic imine (C=N–C) groups is 1. The SMILES string of the molecule is CC.CC.CC=CC.O=C1CCN2C(=N1)OCC1CC(F)C2O1. The lowest BCUT2D eigenvalue weighted by molar-refractivity contribution is -0.119. The predicted molar refractivity (Wildman–Crippen MR) is 91.1 cm³/mol. The van der Waals surface area contributed by atoms with E-state index in [9.17, 15) is 9.18 Å². The van der Waals surface area contributed by atoms with Gasteiger partial charge in [0.15, 0.2) is 6.23 Å². The van der Waals surface area contributed by atoms with Crippen molar-refractivity contribution in [2.24, 2.45) is 4.99 Å². The molecule has 3 atom stereocenters. The first-order valence-electron chi connectivity index (χ1n) is 8.53. The van der Waals surface area contributed by atoms with E-state index in [-0.39, 0.29) is 24.6 Å². The summed E-state index contributed by atoms with van der Waals surface area (Å²) in [6.07, 6.45) is 2.81. The van der Waals surface area contributed by atoms with E-state index in [4.69, 9.17) is 9.47 Å². The number of fused-ring (bicyclic) bond motifs is 4. The molecule has 6 heteroatoms. The maximum atomic E-state index is 13.6. The average molecular weight is 330 g/mol. The highest BCUT2D eigenvalue weighted by molar-refractivity contribution is 5.93. The number of hydrogen-bond donors (Lipinski definition) is 0. The van der Waals surface area contributed by atoms with Crippen molar-refractivity contribution in [2.45, 2.75) is 72.9 Å². The van der Waals surface area contributed by atoms with E-state index in [2.05, 4.69) is 4.99 Å². The number of rotatable bonds is 0. The van der Waals surface area contributed by atoms with Gasteiger partial charge in [0.25, 0.3) is 11.9 Å². The molecular weight excluding hydrogens is 299 g/mol. The molecule has 0 aliphatic carbocycles. The smallest absolute Gasteiger partial charge is 0.297 e. The van der Waals surface area contributed by atoms with Crippen molar-refractivity contribution in [3.8, 4) is 0 Å². The zero-order valence-corrected chi connectivity index (χ0v) is 15.2. The number of nitrogens with zero attached hydrogens (tertiary/aromatic N) is 2. The highest BCUT2D eigenvalue weighted by Crippen LogP contribution is 2.30. The van der Waals surface area contributed by atoms with E-state index in [0.29, 0.717) is 19.4 Å². The van der Waals surface area contributed by atoms with E-state index >= 15 is 0 Å². The molecular formula is C17H31FN2O3. The molecule has 0 spiro atoms. The molecule has 2 saturated heterocycles. The number of hydrogen-bond acceptors (Lipinski definition) is 4. The van der Waals surface area contributed by atoms with Gasteiger partial charge in [-0.1, -0.05) is 39.8 Å². The van der Waals surface area contributed by atoms with Crippen molar-refractivity contribution in [1.82, 2.24) is 4.90 Å². The molecule has 0 aromatic rings. The number of amidine groups is 1. The molecule has 0 aromatic carbocycles. The minimum Gasteiger partial charge on any atom is -0.462 e. The Morgan fingerprint density at radius 3 is 2.39 bits per heavy atom. The molecule has 0 saturated carbocycles.